The van der Waals surface area contributed by atoms with Crippen molar-refractivity contribution in [2.24, 2.45) is 0 Å². The van der Waals surface area contributed by atoms with Gasteiger partial charge in [0.15, 0.2) is 6.08 Å². The van der Waals surface area contributed by atoms with E-state index < -0.39 is 0 Å². The summed E-state index contributed by atoms with van der Waals surface area (Å²) in [5.41, 5.74) is 0. The first-order valence-electron chi connectivity index (χ1n) is 5.31. The number of unbranched alkanes of at least 4 members (excludes halogenated alkanes) is 1. The van der Waals surface area contributed by atoms with Crippen LogP contribution in [0.15, 0.2) is 18.2 Å². The molecule has 0 unspecified atom stereocenters. The minimum absolute atomic E-state index is 0.994. The molecule has 13 heavy (non-hydrogen) atoms. The maximum atomic E-state index is 3.10. The molecule has 0 saturated carbocycles. The van der Waals surface area contributed by atoms with E-state index in [2.05, 4.69) is 51.5 Å². The summed E-state index contributed by atoms with van der Waals surface area (Å²) >= 11 is 0. The van der Waals surface area contributed by atoms with Gasteiger partial charge in [-0.05, 0) is 12.8 Å². The van der Waals surface area contributed by atoms with E-state index in [9.17, 15) is 0 Å². The Morgan fingerprint density at radius 3 is 1.85 bits per heavy atom. The van der Waals surface area contributed by atoms with Gasteiger partial charge in [-0.25, -0.2) is 0 Å². The number of hydrogen-bond donors (Lipinski definition) is 0. The lowest BCUT2D eigenvalue weighted by Gasteiger charge is -1.77. The van der Waals surface area contributed by atoms with Gasteiger partial charge in [0.1, 0.15) is 6.08 Å². The van der Waals surface area contributed by atoms with E-state index >= 15 is 0 Å². The molecule has 0 saturated heterocycles. The number of allylic oxidation sites excluding steroid dienone is 4. The van der Waals surface area contributed by atoms with Gasteiger partial charge in [0.2, 0.25) is 0 Å². The van der Waals surface area contributed by atoms with Crippen LogP contribution in [0.3, 0.4) is 0 Å². The Morgan fingerprint density at radius 1 is 1.00 bits per heavy atom. The predicted octanol–water partition coefficient (Wildman–Crippen LogP) is 4.73. The lowest BCUT2D eigenvalue weighted by atomic mass is 10.3. The van der Waals surface area contributed by atoms with E-state index in [1.54, 1.807) is 0 Å². The topological polar surface area (TPSA) is 0 Å². The van der Waals surface area contributed by atoms with Crippen LogP contribution in [-0.4, -0.2) is 0 Å². The zero-order valence-electron chi connectivity index (χ0n) is 9.64. The van der Waals surface area contributed by atoms with Crippen molar-refractivity contribution in [3.05, 3.63) is 30.7 Å². The normalized spacial score (nSPS) is 9.85. The molecule has 0 rings (SSSR count). The Hall–Kier alpha value is -0.610. The third-order valence-corrected chi connectivity index (χ3v) is 1.31. The smallest absolute Gasteiger partial charge is 0.183 e. The number of hydrogen-bond acceptors (Lipinski definition) is 0. The SMILES string of the molecule is CCC=CCC.C[CH-]C[C+]=CCC. The van der Waals surface area contributed by atoms with Crippen LogP contribution in [0.5, 0.6) is 0 Å². The minimum Gasteiger partial charge on any atom is -0.277 e. The lowest BCUT2D eigenvalue weighted by molar-refractivity contribution is 1.13. The molecule has 0 bridgehead atoms. The fraction of sp³-hybridized carbons (Fsp3) is 0.615. The monoisotopic (exact) mass is 180 g/mol. The first kappa shape index (κ1) is 14.9. The molecule has 0 aliphatic rings. The van der Waals surface area contributed by atoms with Crippen LogP contribution in [-0.2, 0) is 0 Å². The summed E-state index contributed by atoms with van der Waals surface area (Å²) in [7, 11) is 0. The zero-order chi connectivity index (χ0) is 10.4. The summed E-state index contributed by atoms with van der Waals surface area (Å²) in [5, 5.41) is 0. The quantitative estimate of drug-likeness (QED) is 0.424. The van der Waals surface area contributed by atoms with Crippen molar-refractivity contribution < 1.29 is 0 Å². The van der Waals surface area contributed by atoms with Crippen molar-refractivity contribution in [1.29, 1.82) is 0 Å². The first-order valence-corrected chi connectivity index (χ1v) is 5.31. The summed E-state index contributed by atoms with van der Waals surface area (Å²) in [6, 6.07) is 0. The summed E-state index contributed by atoms with van der Waals surface area (Å²) in [5.74, 6) is 0. The van der Waals surface area contributed by atoms with Crippen molar-refractivity contribution in [3.63, 3.8) is 0 Å². The summed E-state index contributed by atoms with van der Waals surface area (Å²) in [6.45, 7) is 8.44. The van der Waals surface area contributed by atoms with Gasteiger partial charge < -0.3 is 0 Å². The highest BCUT2D eigenvalue weighted by atomic mass is 13.7. The molecular weight excluding hydrogens is 156 g/mol. The van der Waals surface area contributed by atoms with E-state index in [0.717, 1.165) is 12.8 Å². The van der Waals surface area contributed by atoms with E-state index in [4.69, 9.17) is 0 Å². The molecule has 0 heteroatoms. The van der Waals surface area contributed by atoms with Crippen LogP contribution < -0.4 is 0 Å². The maximum Gasteiger partial charge on any atom is 0.183 e. The van der Waals surface area contributed by atoms with E-state index in [1.807, 2.05) is 6.92 Å². The second kappa shape index (κ2) is 17.5. The molecular formula is C13H24. The van der Waals surface area contributed by atoms with Crippen molar-refractivity contribution in [2.45, 2.75) is 53.4 Å². The molecule has 0 aromatic carbocycles. The molecule has 0 N–H and O–H groups in total. The Labute approximate surface area is 84.7 Å². The van der Waals surface area contributed by atoms with Gasteiger partial charge in [-0.15, -0.1) is 0 Å². The van der Waals surface area contributed by atoms with E-state index in [1.165, 1.54) is 12.8 Å². The molecule has 0 aliphatic carbocycles. The highest BCUT2D eigenvalue weighted by Gasteiger charge is 1.77. The van der Waals surface area contributed by atoms with Crippen LogP contribution in [0, 0.1) is 12.5 Å². The van der Waals surface area contributed by atoms with Gasteiger partial charge in [-0.2, -0.15) is 6.92 Å². The zero-order valence-corrected chi connectivity index (χ0v) is 9.64. The third-order valence-electron chi connectivity index (χ3n) is 1.31. The molecule has 0 nitrogen and oxygen atoms in total. The Kier molecular flexibility index (Phi) is 20.0. The molecule has 0 spiro atoms. The van der Waals surface area contributed by atoms with Crippen molar-refractivity contribution in [2.75, 3.05) is 0 Å². The first-order chi connectivity index (χ1) is 6.33. The number of rotatable bonds is 5. The molecule has 0 atom stereocenters. The molecule has 0 fully saturated rings. The fourth-order valence-electron chi connectivity index (χ4n) is 0.679. The van der Waals surface area contributed by atoms with Gasteiger partial charge in [0, 0.05) is 12.8 Å². The highest BCUT2D eigenvalue weighted by Crippen LogP contribution is 1.86. The third kappa shape index (κ3) is 24.6. The average molecular weight is 180 g/mol. The van der Waals surface area contributed by atoms with Crippen LogP contribution in [0.1, 0.15) is 53.4 Å². The van der Waals surface area contributed by atoms with Gasteiger partial charge in [-0.1, -0.05) is 32.9 Å². The largest absolute Gasteiger partial charge is 0.277 e. The molecule has 0 aromatic heterocycles. The molecule has 0 amide bonds. The second-order valence-corrected chi connectivity index (χ2v) is 2.72. The summed E-state index contributed by atoms with van der Waals surface area (Å²) in [6.07, 6.45) is 16.1. The highest BCUT2D eigenvalue weighted by molar-refractivity contribution is 4.77. The second-order valence-electron chi connectivity index (χ2n) is 2.72. The lowest BCUT2D eigenvalue weighted by Crippen LogP contribution is -1.61. The van der Waals surface area contributed by atoms with Gasteiger partial charge >= 0.3 is 0 Å². The average Bonchev–Trinajstić information content (AvgIpc) is 2.17. The molecule has 0 heterocycles. The maximum absolute atomic E-state index is 3.10. The van der Waals surface area contributed by atoms with E-state index in [0.29, 0.717) is 0 Å². The Bertz CT molecular complexity index is 103. The minimum atomic E-state index is 0.994. The van der Waals surface area contributed by atoms with Crippen LogP contribution in [0.4, 0.5) is 0 Å². The Balaban J connectivity index is 0. The van der Waals surface area contributed by atoms with Crippen molar-refractivity contribution in [3.8, 4) is 0 Å². The van der Waals surface area contributed by atoms with E-state index in [-0.39, 0.29) is 0 Å². The van der Waals surface area contributed by atoms with Gasteiger partial charge in [0.25, 0.3) is 0 Å². The molecule has 76 valence electrons. The summed E-state index contributed by atoms with van der Waals surface area (Å²) in [4.78, 5) is 0. The molecule has 0 radical (unpaired) electrons. The van der Waals surface area contributed by atoms with Crippen LogP contribution in [0.2, 0.25) is 0 Å². The molecule has 0 aromatic rings. The standard InChI is InChI=1S/C7H12.C6H12/c1-3-5-7-6-4-2;1-3-5-6-4-2/h3,6H,4-5H2,1-2H3;5-6H,3-4H2,1-2H3. The molecule has 0 aliphatic heterocycles. The van der Waals surface area contributed by atoms with Crippen LogP contribution >= 0.6 is 0 Å². The van der Waals surface area contributed by atoms with Gasteiger partial charge in [-0.3, -0.25) is 6.42 Å². The van der Waals surface area contributed by atoms with Crippen molar-refractivity contribution >= 4 is 0 Å². The predicted molar refractivity (Wildman–Crippen MR) is 62.4 cm³/mol. The summed E-state index contributed by atoms with van der Waals surface area (Å²) < 4.78 is 0. The van der Waals surface area contributed by atoms with Crippen molar-refractivity contribution in [1.82, 2.24) is 0 Å². The van der Waals surface area contributed by atoms with Gasteiger partial charge in [0.05, 0.1) is 0 Å². The fourth-order valence-corrected chi connectivity index (χ4v) is 0.679. The Morgan fingerprint density at radius 2 is 1.54 bits per heavy atom. The van der Waals surface area contributed by atoms with Crippen LogP contribution in [0.25, 0.3) is 0 Å².